The molecule has 0 unspecified atom stereocenters. The first-order valence-corrected chi connectivity index (χ1v) is 8.61. The second-order valence-corrected chi connectivity index (χ2v) is 5.81. The fourth-order valence-corrected chi connectivity index (χ4v) is 2.41. The largest absolute Gasteiger partial charge is 0.490 e. The molecule has 0 aliphatic heterocycles. The second kappa shape index (κ2) is 10.2. The number of hydrogen-bond acceptors (Lipinski definition) is 5. The Bertz CT molecular complexity index is 809. The Balaban J connectivity index is 1.97. The molecule has 0 bridgehead atoms. The van der Waals surface area contributed by atoms with Gasteiger partial charge in [-0.15, -0.1) is 0 Å². The predicted octanol–water partition coefficient (Wildman–Crippen LogP) is 2.20. The number of rotatable bonds is 7. The Hall–Kier alpha value is -2.97. The number of thiocarbonyl (C=S) groups is 1. The Kier molecular flexibility index (Phi) is 7.72. The van der Waals surface area contributed by atoms with Crippen molar-refractivity contribution in [3.8, 4) is 5.75 Å². The normalized spacial score (nSPS) is 10.0. The van der Waals surface area contributed by atoms with Crippen LogP contribution in [0.5, 0.6) is 5.75 Å². The third-order valence-corrected chi connectivity index (χ3v) is 3.74. The van der Waals surface area contributed by atoms with Crippen LogP contribution in [0.4, 0.5) is 5.69 Å². The zero-order valence-electron chi connectivity index (χ0n) is 15.1. The summed E-state index contributed by atoms with van der Waals surface area (Å²) in [4.78, 5) is 24.0. The molecule has 0 aromatic heterocycles. The van der Waals surface area contributed by atoms with Crippen molar-refractivity contribution in [1.29, 1.82) is 0 Å². The van der Waals surface area contributed by atoms with Crippen LogP contribution >= 0.6 is 12.2 Å². The van der Waals surface area contributed by atoms with Crippen LogP contribution in [0.15, 0.2) is 48.5 Å². The molecule has 142 valence electrons. The van der Waals surface area contributed by atoms with E-state index in [4.69, 9.17) is 21.7 Å². The van der Waals surface area contributed by atoms with Gasteiger partial charge in [0.1, 0.15) is 12.4 Å². The molecule has 7 nitrogen and oxygen atoms in total. The smallest absolute Gasteiger partial charge is 0.261 e. The van der Waals surface area contributed by atoms with Crippen LogP contribution in [-0.2, 0) is 4.74 Å². The topological polar surface area (TPSA) is 88.7 Å². The van der Waals surface area contributed by atoms with Crippen LogP contribution in [0.1, 0.15) is 20.7 Å². The van der Waals surface area contributed by atoms with Crippen LogP contribution < -0.4 is 20.7 Å². The van der Waals surface area contributed by atoms with Crippen LogP contribution in [-0.4, -0.2) is 44.3 Å². The van der Waals surface area contributed by atoms with E-state index >= 15 is 0 Å². The lowest BCUT2D eigenvalue weighted by atomic mass is 10.2. The summed E-state index contributed by atoms with van der Waals surface area (Å²) >= 11 is 5.19. The number of nitrogens with one attached hydrogen (secondary N) is 3. The quantitative estimate of drug-likeness (QED) is 0.499. The minimum atomic E-state index is -0.387. The van der Waals surface area contributed by atoms with E-state index < -0.39 is 0 Å². The highest BCUT2D eigenvalue weighted by Crippen LogP contribution is 2.18. The van der Waals surface area contributed by atoms with E-state index in [1.807, 2.05) is 0 Å². The molecular formula is C19H21N3O4S. The summed E-state index contributed by atoms with van der Waals surface area (Å²) in [7, 11) is 3.14. The van der Waals surface area contributed by atoms with E-state index in [1.165, 1.54) is 0 Å². The summed E-state index contributed by atoms with van der Waals surface area (Å²) in [5.74, 6) is -0.116. The van der Waals surface area contributed by atoms with Gasteiger partial charge in [0, 0.05) is 25.4 Å². The molecule has 0 fully saturated rings. The second-order valence-electron chi connectivity index (χ2n) is 5.40. The third-order valence-electron chi connectivity index (χ3n) is 3.54. The zero-order chi connectivity index (χ0) is 19.6. The van der Waals surface area contributed by atoms with Crippen LogP contribution in [0, 0.1) is 0 Å². The Morgan fingerprint density at radius 1 is 1.00 bits per heavy atom. The van der Waals surface area contributed by atoms with Gasteiger partial charge in [0.25, 0.3) is 11.8 Å². The van der Waals surface area contributed by atoms with E-state index in [-0.39, 0.29) is 16.9 Å². The van der Waals surface area contributed by atoms with Crippen molar-refractivity contribution < 1.29 is 19.1 Å². The molecule has 0 spiro atoms. The number of anilines is 1. The van der Waals surface area contributed by atoms with Gasteiger partial charge in [0.05, 0.1) is 12.2 Å². The fourth-order valence-electron chi connectivity index (χ4n) is 2.20. The number of para-hydroxylation sites is 1. The van der Waals surface area contributed by atoms with Gasteiger partial charge in [-0.3, -0.25) is 14.9 Å². The Morgan fingerprint density at radius 2 is 1.70 bits per heavy atom. The highest BCUT2D eigenvalue weighted by Gasteiger charge is 2.13. The molecule has 2 aromatic rings. The monoisotopic (exact) mass is 387 g/mol. The van der Waals surface area contributed by atoms with Crippen LogP contribution in [0.2, 0.25) is 0 Å². The lowest BCUT2D eigenvalue weighted by Crippen LogP contribution is -2.34. The minimum absolute atomic E-state index is 0.138. The zero-order valence-corrected chi connectivity index (χ0v) is 15.9. The van der Waals surface area contributed by atoms with Crippen molar-refractivity contribution >= 4 is 34.8 Å². The van der Waals surface area contributed by atoms with Crippen molar-refractivity contribution in [3.63, 3.8) is 0 Å². The maximum atomic E-state index is 12.5. The third kappa shape index (κ3) is 6.05. The van der Waals surface area contributed by atoms with E-state index in [2.05, 4.69) is 16.0 Å². The molecule has 0 saturated carbocycles. The standard InChI is InChI=1S/C19H21N3O4S/c1-20-17(23)13-7-9-14(10-8-13)21-19(27)22-18(24)15-5-3-4-6-16(15)26-12-11-25-2/h3-10H,11-12H2,1-2H3,(H,20,23)(H2,21,22,24,27). The van der Waals surface area contributed by atoms with E-state index in [9.17, 15) is 9.59 Å². The molecule has 0 aliphatic carbocycles. The maximum Gasteiger partial charge on any atom is 0.261 e. The highest BCUT2D eigenvalue weighted by molar-refractivity contribution is 7.80. The van der Waals surface area contributed by atoms with Gasteiger partial charge in [-0.25, -0.2) is 0 Å². The number of benzene rings is 2. The Morgan fingerprint density at radius 3 is 2.37 bits per heavy atom. The first-order valence-electron chi connectivity index (χ1n) is 8.20. The van der Waals surface area contributed by atoms with Crippen molar-refractivity contribution in [2.24, 2.45) is 0 Å². The number of carbonyl (C=O) groups is 2. The molecule has 2 amide bonds. The fraction of sp³-hybridized carbons (Fsp3) is 0.211. The first kappa shape index (κ1) is 20.3. The maximum absolute atomic E-state index is 12.5. The lowest BCUT2D eigenvalue weighted by molar-refractivity contribution is 0.0957. The summed E-state index contributed by atoms with van der Waals surface area (Å²) in [5.41, 5.74) is 1.55. The SMILES string of the molecule is CNC(=O)c1ccc(NC(=S)NC(=O)c2ccccc2OCCOC)cc1. The summed E-state index contributed by atoms with van der Waals surface area (Å²) < 4.78 is 10.5. The van der Waals surface area contributed by atoms with Gasteiger partial charge in [-0.05, 0) is 48.6 Å². The summed E-state index contributed by atoms with van der Waals surface area (Å²) in [6.45, 7) is 0.753. The summed E-state index contributed by atoms with van der Waals surface area (Å²) in [5, 5.41) is 8.21. The van der Waals surface area contributed by atoms with Crippen molar-refractivity contribution in [3.05, 3.63) is 59.7 Å². The molecule has 0 heterocycles. The van der Waals surface area contributed by atoms with Gasteiger partial charge in [-0.1, -0.05) is 12.1 Å². The number of ether oxygens (including phenoxy) is 2. The van der Waals surface area contributed by atoms with Crippen molar-refractivity contribution in [1.82, 2.24) is 10.6 Å². The average molecular weight is 387 g/mol. The van der Waals surface area contributed by atoms with Gasteiger partial charge in [0.2, 0.25) is 0 Å². The van der Waals surface area contributed by atoms with Gasteiger partial charge in [-0.2, -0.15) is 0 Å². The average Bonchev–Trinajstić information content (AvgIpc) is 2.68. The van der Waals surface area contributed by atoms with Crippen molar-refractivity contribution in [2.45, 2.75) is 0 Å². The molecule has 0 saturated heterocycles. The number of hydrogen-bond donors (Lipinski definition) is 3. The molecule has 27 heavy (non-hydrogen) atoms. The Labute approximate surface area is 163 Å². The van der Waals surface area contributed by atoms with Crippen molar-refractivity contribution in [2.75, 3.05) is 32.7 Å². The molecule has 8 heteroatoms. The first-order chi connectivity index (χ1) is 13.0. The number of amides is 2. The van der Waals surface area contributed by atoms with E-state index in [0.717, 1.165) is 0 Å². The predicted molar refractivity (Wildman–Crippen MR) is 107 cm³/mol. The number of carbonyl (C=O) groups excluding carboxylic acids is 2. The molecule has 0 radical (unpaired) electrons. The molecule has 2 rings (SSSR count). The van der Waals surface area contributed by atoms with Crippen LogP contribution in [0.3, 0.4) is 0 Å². The van der Waals surface area contributed by atoms with Gasteiger partial charge >= 0.3 is 0 Å². The minimum Gasteiger partial charge on any atom is -0.490 e. The highest BCUT2D eigenvalue weighted by atomic mass is 32.1. The molecule has 3 N–H and O–H groups in total. The lowest BCUT2D eigenvalue weighted by Gasteiger charge is -2.13. The molecule has 2 aromatic carbocycles. The van der Waals surface area contributed by atoms with Gasteiger partial charge in [0.15, 0.2) is 5.11 Å². The van der Waals surface area contributed by atoms with Crippen LogP contribution in [0.25, 0.3) is 0 Å². The molecular weight excluding hydrogens is 366 g/mol. The molecule has 0 aliphatic rings. The van der Waals surface area contributed by atoms with Gasteiger partial charge < -0.3 is 20.1 Å². The summed E-state index contributed by atoms with van der Waals surface area (Å²) in [6, 6.07) is 13.6. The van der Waals surface area contributed by atoms with E-state index in [1.54, 1.807) is 62.7 Å². The van der Waals surface area contributed by atoms with E-state index in [0.29, 0.717) is 35.8 Å². The summed E-state index contributed by atoms with van der Waals surface area (Å²) in [6.07, 6.45) is 0. The molecule has 0 atom stereocenters. The number of methoxy groups -OCH3 is 1.